The van der Waals surface area contributed by atoms with Crippen molar-refractivity contribution in [1.82, 2.24) is 15.5 Å². The Morgan fingerprint density at radius 1 is 1.15 bits per heavy atom. The molecule has 0 saturated carbocycles. The summed E-state index contributed by atoms with van der Waals surface area (Å²) >= 11 is 0. The van der Waals surface area contributed by atoms with Crippen LogP contribution in [-0.4, -0.2) is 55.1 Å². The Morgan fingerprint density at radius 2 is 1.80 bits per heavy atom. The second-order valence-electron chi connectivity index (χ2n) is 5.22. The minimum absolute atomic E-state index is 0.0281. The molecule has 20 heavy (non-hydrogen) atoms. The standard InChI is InChI=1S/C13H25N3O4/c1-10(9-12(18)19)8-11(17)15-13(20)14-6-4-5-7-16(2)3/h10H,4-9H2,1-3H3,(H,18,19)(H2,14,15,17,20). The quantitative estimate of drug-likeness (QED) is 0.541. The molecule has 3 N–H and O–H groups in total. The van der Waals surface area contributed by atoms with Crippen molar-refractivity contribution in [3.8, 4) is 0 Å². The van der Waals surface area contributed by atoms with Gasteiger partial charge in [-0.15, -0.1) is 0 Å². The lowest BCUT2D eigenvalue weighted by molar-refractivity contribution is -0.138. The summed E-state index contributed by atoms with van der Waals surface area (Å²) in [5.41, 5.74) is 0. The molecule has 0 heterocycles. The summed E-state index contributed by atoms with van der Waals surface area (Å²) in [7, 11) is 3.97. The Balaban J connectivity index is 3.69. The van der Waals surface area contributed by atoms with E-state index in [1.54, 1.807) is 6.92 Å². The van der Waals surface area contributed by atoms with Crippen molar-refractivity contribution in [2.24, 2.45) is 5.92 Å². The fraction of sp³-hybridized carbons (Fsp3) is 0.769. The number of aliphatic carboxylic acids is 1. The van der Waals surface area contributed by atoms with E-state index in [9.17, 15) is 14.4 Å². The second kappa shape index (κ2) is 10.2. The average Bonchev–Trinajstić information content (AvgIpc) is 2.25. The maximum Gasteiger partial charge on any atom is 0.321 e. The van der Waals surface area contributed by atoms with Crippen LogP contribution in [0.25, 0.3) is 0 Å². The summed E-state index contributed by atoms with van der Waals surface area (Å²) < 4.78 is 0. The maximum atomic E-state index is 11.5. The summed E-state index contributed by atoms with van der Waals surface area (Å²) in [5, 5.41) is 13.4. The van der Waals surface area contributed by atoms with Crippen molar-refractivity contribution in [3.63, 3.8) is 0 Å². The number of hydrogen-bond acceptors (Lipinski definition) is 4. The van der Waals surface area contributed by atoms with Crippen molar-refractivity contribution in [2.45, 2.75) is 32.6 Å². The first-order chi connectivity index (χ1) is 9.31. The number of imide groups is 1. The molecule has 0 bridgehead atoms. The number of amides is 3. The van der Waals surface area contributed by atoms with E-state index in [2.05, 4.69) is 15.5 Å². The van der Waals surface area contributed by atoms with Crippen molar-refractivity contribution < 1.29 is 19.5 Å². The van der Waals surface area contributed by atoms with Crippen molar-refractivity contribution >= 4 is 17.9 Å². The Labute approximate surface area is 119 Å². The SMILES string of the molecule is CC(CC(=O)O)CC(=O)NC(=O)NCCCCN(C)C. The Hall–Kier alpha value is -1.63. The molecule has 0 saturated heterocycles. The van der Waals surface area contributed by atoms with Gasteiger partial charge in [0.2, 0.25) is 5.91 Å². The molecule has 0 aliphatic carbocycles. The van der Waals surface area contributed by atoms with Gasteiger partial charge in [-0.25, -0.2) is 4.79 Å². The van der Waals surface area contributed by atoms with E-state index in [0.29, 0.717) is 6.54 Å². The van der Waals surface area contributed by atoms with Crippen LogP contribution in [0.15, 0.2) is 0 Å². The molecule has 3 amide bonds. The molecule has 1 atom stereocenters. The highest BCUT2D eigenvalue weighted by atomic mass is 16.4. The zero-order valence-corrected chi connectivity index (χ0v) is 12.4. The van der Waals surface area contributed by atoms with Crippen LogP contribution in [0, 0.1) is 5.92 Å². The van der Waals surface area contributed by atoms with E-state index in [-0.39, 0.29) is 18.8 Å². The van der Waals surface area contributed by atoms with Crippen molar-refractivity contribution in [2.75, 3.05) is 27.2 Å². The summed E-state index contributed by atoms with van der Waals surface area (Å²) in [6.07, 6.45) is 1.76. The number of carboxylic acids is 1. The first-order valence-corrected chi connectivity index (χ1v) is 6.75. The number of carboxylic acid groups (broad SMARTS) is 1. The molecule has 0 aliphatic heterocycles. The topological polar surface area (TPSA) is 98.7 Å². The molecule has 7 heteroatoms. The molecule has 7 nitrogen and oxygen atoms in total. The van der Waals surface area contributed by atoms with Gasteiger partial charge < -0.3 is 15.3 Å². The summed E-state index contributed by atoms with van der Waals surface area (Å²) in [5.74, 6) is -1.69. The average molecular weight is 287 g/mol. The predicted octanol–water partition coefficient (Wildman–Crippen LogP) is 0.655. The van der Waals surface area contributed by atoms with Crippen LogP contribution in [0.1, 0.15) is 32.6 Å². The van der Waals surface area contributed by atoms with Gasteiger partial charge >= 0.3 is 12.0 Å². The fourth-order valence-corrected chi connectivity index (χ4v) is 1.66. The molecule has 0 fully saturated rings. The van der Waals surface area contributed by atoms with Crippen LogP contribution < -0.4 is 10.6 Å². The Morgan fingerprint density at radius 3 is 2.35 bits per heavy atom. The van der Waals surface area contributed by atoms with Crippen molar-refractivity contribution in [1.29, 1.82) is 0 Å². The number of nitrogens with one attached hydrogen (secondary N) is 2. The number of carbonyl (C=O) groups excluding carboxylic acids is 2. The number of urea groups is 1. The van der Waals surface area contributed by atoms with Crippen LogP contribution in [0.2, 0.25) is 0 Å². The third kappa shape index (κ3) is 11.5. The third-order valence-electron chi connectivity index (χ3n) is 2.63. The van der Waals surface area contributed by atoms with Gasteiger partial charge in [0.15, 0.2) is 0 Å². The highest BCUT2D eigenvalue weighted by molar-refractivity contribution is 5.94. The summed E-state index contributed by atoms with van der Waals surface area (Å²) in [6, 6.07) is -0.526. The van der Waals surface area contributed by atoms with Gasteiger partial charge in [-0.1, -0.05) is 6.92 Å². The van der Waals surface area contributed by atoms with E-state index >= 15 is 0 Å². The lowest BCUT2D eigenvalue weighted by atomic mass is 10.0. The predicted molar refractivity (Wildman–Crippen MR) is 75.4 cm³/mol. The van der Waals surface area contributed by atoms with E-state index < -0.39 is 17.9 Å². The summed E-state index contributed by atoms with van der Waals surface area (Å²) in [4.78, 5) is 35.3. The normalized spacial score (nSPS) is 12.0. The minimum Gasteiger partial charge on any atom is -0.481 e. The molecule has 116 valence electrons. The summed E-state index contributed by atoms with van der Waals surface area (Å²) in [6.45, 7) is 3.12. The number of nitrogens with zero attached hydrogens (tertiary/aromatic N) is 1. The smallest absolute Gasteiger partial charge is 0.321 e. The Kier molecular flexibility index (Phi) is 9.36. The van der Waals surface area contributed by atoms with Gasteiger partial charge in [0.1, 0.15) is 0 Å². The number of hydrogen-bond donors (Lipinski definition) is 3. The molecular weight excluding hydrogens is 262 g/mol. The number of rotatable bonds is 9. The molecule has 0 aromatic rings. The highest BCUT2D eigenvalue weighted by Gasteiger charge is 2.14. The van der Waals surface area contributed by atoms with Crippen LogP contribution in [-0.2, 0) is 9.59 Å². The second-order valence-corrected chi connectivity index (χ2v) is 5.22. The molecule has 0 aromatic heterocycles. The van der Waals surface area contributed by atoms with E-state index in [1.165, 1.54) is 0 Å². The molecule has 0 aliphatic rings. The molecule has 0 aromatic carbocycles. The van der Waals surface area contributed by atoms with Gasteiger partial charge in [0.05, 0.1) is 0 Å². The zero-order chi connectivity index (χ0) is 15.5. The highest BCUT2D eigenvalue weighted by Crippen LogP contribution is 2.06. The van der Waals surface area contributed by atoms with E-state index in [1.807, 2.05) is 14.1 Å². The van der Waals surface area contributed by atoms with Gasteiger partial charge in [-0.3, -0.25) is 14.9 Å². The molecular formula is C13H25N3O4. The van der Waals surface area contributed by atoms with Crippen LogP contribution in [0.3, 0.4) is 0 Å². The monoisotopic (exact) mass is 287 g/mol. The number of unbranched alkanes of at least 4 members (excludes halogenated alkanes) is 1. The maximum absolute atomic E-state index is 11.5. The van der Waals surface area contributed by atoms with Crippen LogP contribution in [0.5, 0.6) is 0 Å². The van der Waals surface area contributed by atoms with Gasteiger partial charge in [0.25, 0.3) is 0 Å². The lowest BCUT2D eigenvalue weighted by Gasteiger charge is -2.11. The number of carbonyl (C=O) groups is 3. The zero-order valence-electron chi connectivity index (χ0n) is 12.4. The molecule has 0 radical (unpaired) electrons. The fourth-order valence-electron chi connectivity index (χ4n) is 1.66. The first-order valence-electron chi connectivity index (χ1n) is 6.75. The van der Waals surface area contributed by atoms with Gasteiger partial charge in [-0.2, -0.15) is 0 Å². The van der Waals surface area contributed by atoms with Gasteiger partial charge in [-0.05, 0) is 39.4 Å². The molecule has 0 rings (SSSR count). The molecule has 1 unspecified atom stereocenters. The third-order valence-corrected chi connectivity index (χ3v) is 2.63. The van der Waals surface area contributed by atoms with Crippen LogP contribution in [0.4, 0.5) is 4.79 Å². The Bertz CT molecular complexity index is 332. The largest absolute Gasteiger partial charge is 0.481 e. The van der Waals surface area contributed by atoms with Crippen molar-refractivity contribution in [3.05, 3.63) is 0 Å². The first kappa shape index (κ1) is 18.4. The lowest BCUT2D eigenvalue weighted by Crippen LogP contribution is -2.40. The van der Waals surface area contributed by atoms with E-state index in [4.69, 9.17) is 5.11 Å². The minimum atomic E-state index is -0.948. The van der Waals surface area contributed by atoms with E-state index in [0.717, 1.165) is 19.4 Å². The van der Waals surface area contributed by atoms with Gasteiger partial charge in [0, 0.05) is 19.4 Å². The molecule has 0 spiro atoms. The van der Waals surface area contributed by atoms with Crippen LogP contribution >= 0.6 is 0 Å².